The lowest BCUT2D eigenvalue weighted by Gasteiger charge is -2.30. The molecule has 7 heteroatoms. The highest BCUT2D eigenvalue weighted by molar-refractivity contribution is 7.99. The highest BCUT2D eigenvalue weighted by Crippen LogP contribution is 2.27. The zero-order valence-corrected chi connectivity index (χ0v) is 16.7. The van der Waals surface area contributed by atoms with E-state index in [2.05, 4.69) is 32.7 Å². The first-order valence-corrected chi connectivity index (χ1v) is 9.98. The van der Waals surface area contributed by atoms with Gasteiger partial charge in [0.05, 0.1) is 11.3 Å². The van der Waals surface area contributed by atoms with E-state index in [0.29, 0.717) is 10.9 Å². The van der Waals surface area contributed by atoms with Gasteiger partial charge in [-0.1, -0.05) is 30.0 Å². The molecule has 0 aliphatic carbocycles. The van der Waals surface area contributed by atoms with Crippen molar-refractivity contribution in [3.63, 3.8) is 0 Å². The van der Waals surface area contributed by atoms with Gasteiger partial charge in [-0.25, -0.2) is 4.98 Å². The summed E-state index contributed by atoms with van der Waals surface area (Å²) in [5, 5.41) is 10.2. The van der Waals surface area contributed by atoms with Crippen molar-refractivity contribution in [1.29, 1.82) is 0 Å². The second-order valence-electron chi connectivity index (χ2n) is 6.81. The molecule has 2 heterocycles. The van der Waals surface area contributed by atoms with Crippen LogP contribution in [-0.2, 0) is 11.3 Å². The third kappa shape index (κ3) is 3.40. The summed E-state index contributed by atoms with van der Waals surface area (Å²) in [5.41, 5.74) is 2.74. The van der Waals surface area contributed by atoms with Crippen molar-refractivity contribution in [3.8, 4) is 0 Å². The van der Waals surface area contributed by atoms with Crippen LogP contribution in [0.2, 0.25) is 0 Å². The van der Waals surface area contributed by atoms with Gasteiger partial charge in [0.25, 0.3) is 0 Å². The largest absolute Gasteiger partial charge is 0.337 e. The maximum Gasteiger partial charge on any atom is 0.233 e. The lowest BCUT2D eigenvalue weighted by Crippen LogP contribution is -2.43. The van der Waals surface area contributed by atoms with Gasteiger partial charge in [0.15, 0.2) is 5.65 Å². The molecule has 0 bridgehead atoms. The zero-order valence-electron chi connectivity index (χ0n) is 15.9. The van der Waals surface area contributed by atoms with Crippen molar-refractivity contribution in [2.75, 3.05) is 5.75 Å². The highest BCUT2D eigenvalue weighted by Gasteiger charge is 2.21. The number of rotatable bonds is 6. The predicted octanol–water partition coefficient (Wildman–Crippen LogP) is 3.74. The van der Waals surface area contributed by atoms with Crippen LogP contribution >= 0.6 is 11.8 Å². The van der Waals surface area contributed by atoms with Gasteiger partial charge in [-0.2, -0.15) is 0 Å². The van der Waals surface area contributed by atoms with E-state index in [1.807, 2.05) is 50.8 Å². The Morgan fingerprint density at radius 3 is 2.50 bits per heavy atom. The van der Waals surface area contributed by atoms with Gasteiger partial charge in [-0.3, -0.25) is 4.79 Å². The van der Waals surface area contributed by atoms with Gasteiger partial charge in [-0.05, 0) is 40.7 Å². The summed E-state index contributed by atoms with van der Waals surface area (Å²) in [6.45, 7) is 11.0. The maximum absolute atomic E-state index is 12.6. The number of nitrogens with zero attached hydrogens (tertiary/aromatic N) is 5. The lowest BCUT2D eigenvalue weighted by molar-refractivity contribution is -0.131. The summed E-state index contributed by atoms with van der Waals surface area (Å²) >= 11 is 1.35. The Kier molecular flexibility index (Phi) is 5.46. The second kappa shape index (κ2) is 7.61. The number of hydrogen-bond acceptors (Lipinski definition) is 5. The maximum atomic E-state index is 12.6. The molecule has 0 N–H and O–H groups in total. The van der Waals surface area contributed by atoms with E-state index in [1.54, 1.807) is 0 Å². The number of hydrogen-bond donors (Lipinski definition) is 0. The van der Waals surface area contributed by atoms with E-state index in [0.717, 1.165) is 28.6 Å². The van der Waals surface area contributed by atoms with Crippen molar-refractivity contribution >= 4 is 39.7 Å². The van der Waals surface area contributed by atoms with Gasteiger partial charge in [-0.15, -0.1) is 10.2 Å². The summed E-state index contributed by atoms with van der Waals surface area (Å²) in [5.74, 6) is 0.412. The molecule has 0 unspecified atom stereocenters. The average molecular weight is 372 g/mol. The van der Waals surface area contributed by atoms with E-state index in [1.165, 1.54) is 11.8 Å². The number of benzene rings is 1. The smallest absolute Gasteiger partial charge is 0.233 e. The Balaban J connectivity index is 1.88. The van der Waals surface area contributed by atoms with Crippen molar-refractivity contribution < 1.29 is 4.79 Å². The SMILES string of the molecule is CCn1c2ccccc2c2nnc(SCC(=O)N(C(C)C)C(C)C)nc21. The first-order chi connectivity index (χ1) is 12.4. The first kappa shape index (κ1) is 18.6. The molecule has 3 aromatic rings. The third-order valence-corrected chi connectivity index (χ3v) is 5.22. The van der Waals surface area contributed by atoms with Crippen LogP contribution in [0.5, 0.6) is 0 Å². The van der Waals surface area contributed by atoms with Crippen LogP contribution in [0.25, 0.3) is 22.1 Å². The van der Waals surface area contributed by atoms with E-state index in [4.69, 9.17) is 0 Å². The number of carbonyl (C=O) groups is 1. The van der Waals surface area contributed by atoms with Crippen LogP contribution < -0.4 is 0 Å². The normalized spacial score (nSPS) is 11.8. The molecule has 1 amide bonds. The number of amides is 1. The van der Waals surface area contributed by atoms with E-state index in [9.17, 15) is 4.79 Å². The van der Waals surface area contributed by atoms with Gasteiger partial charge >= 0.3 is 0 Å². The minimum absolute atomic E-state index is 0.0970. The zero-order chi connectivity index (χ0) is 18.8. The van der Waals surface area contributed by atoms with E-state index < -0.39 is 0 Å². The number of para-hydroxylation sites is 1. The Morgan fingerprint density at radius 1 is 1.15 bits per heavy atom. The molecule has 1 aromatic carbocycles. The molecular weight excluding hydrogens is 346 g/mol. The van der Waals surface area contributed by atoms with Gasteiger partial charge in [0.1, 0.15) is 5.52 Å². The molecular formula is C19H25N5OS. The molecule has 0 atom stereocenters. The van der Waals surface area contributed by atoms with Crippen LogP contribution in [-0.4, -0.2) is 48.4 Å². The minimum Gasteiger partial charge on any atom is -0.337 e. The fourth-order valence-electron chi connectivity index (χ4n) is 3.44. The molecule has 0 spiro atoms. The molecule has 0 fully saturated rings. The first-order valence-electron chi connectivity index (χ1n) is 8.99. The summed E-state index contributed by atoms with van der Waals surface area (Å²) in [6.07, 6.45) is 0. The van der Waals surface area contributed by atoms with Crippen molar-refractivity contribution in [2.45, 2.75) is 58.4 Å². The second-order valence-corrected chi connectivity index (χ2v) is 7.75. The standard InChI is InChI=1S/C19H25N5OS/c1-6-23-15-10-8-7-9-14(15)17-18(23)20-19(22-21-17)26-11-16(25)24(12(2)3)13(4)5/h7-10,12-13H,6,11H2,1-5H3. The van der Waals surface area contributed by atoms with Crippen LogP contribution in [0.15, 0.2) is 29.4 Å². The van der Waals surface area contributed by atoms with Crippen molar-refractivity contribution in [2.24, 2.45) is 0 Å². The number of carbonyl (C=O) groups excluding carboxylic acids is 1. The molecule has 0 saturated carbocycles. The molecule has 26 heavy (non-hydrogen) atoms. The van der Waals surface area contributed by atoms with Crippen molar-refractivity contribution in [1.82, 2.24) is 24.6 Å². The van der Waals surface area contributed by atoms with Crippen LogP contribution in [0, 0.1) is 0 Å². The fourth-order valence-corrected chi connectivity index (χ4v) is 4.09. The Labute approximate surface area is 158 Å². The van der Waals surface area contributed by atoms with Crippen LogP contribution in [0.4, 0.5) is 0 Å². The Morgan fingerprint density at radius 2 is 1.85 bits per heavy atom. The lowest BCUT2D eigenvalue weighted by atomic mass is 10.2. The topological polar surface area (TPSA) is 63.9 Å². The third-order valence-electron chi connectivity index (χ3n) is 4.40. The van der Waals surface area contributed by atoms with Crippen molar-refractivity contribution in [3.05, 3.63) is 24.3 Å². The monoisotopic (exact) mass is 371 g/mol. The molecule has 0 saturated heterocycles. The molecule has 3 rings (SSSR count). The molecule has 6 nitrogen and oxygen atoms in total. The molecule has 0 aliphatic heterocycles. The number of fused-ring (bicyclic) bond motifs is 3. The fraction of sp³-hybridized carbons (Fsp3) is 0.474. The van der Waals surface area contributed by atoms with E-state index in [-0.39, 0.29) is 18.0 Å². The highest BCUT2D eigenvalue weighted by atomic mass is 32.2. The van der Waals surface area contributed by atoms with Crippen LogP contribution in [0.3, 0.4) is 0 Å². The average Bonchev–Trinajstić information content (AvgIpc) is 2.92. The predicted molar refractivity (Wildman–Crippen MR) is 106 cm³/mol. The molecule has 0 radical (unpaired) electrons. The summed E-state index contributed by atoms with van der Waals surface area (Å²) in [4.78, 5) is 19.1. The summed E-state index contributed by atoms with van der Waals surface area (Å²) in [6, 6.07) is 8.47. The van der Waals surface area contributed by atoms with Crippen LogP contribution in [0.1, 0.15) is 34.6 Å². The Hall–Kier alpha value is -2.15. The Bertz CT molecular complexity index is 926. The van der Waals surface area contributed by atoms with Gasteiger partial charge in [0.2, 0.25) is 11.1 Å². The quantitative estimate of drug-likeness (QED) is 0.618. The number of thioether (sulfide) groups is 1. The summed E-state index contributed by atoms with van der Waals surface area (Å²) in [7, 11) is 0. The summed E-state index contributed by atoms with van der Waals surface area (Å²) < 4.78 is 2.14. The molecule has 138 valence electrons. The number of aromatic nitrogens is 4. The molecule has 0 aliphatic rings. The minimum atomic E-state index is 0.0970. The van der Waals surface area contributed by atoms with Gasteiger partial charge < -0.3 is 9.47 Å². The number of aryl methyl sites for hydroxylation is 1. The van der Waals surface area contributed by atoms with Gasteiger partial charge in [0, 0.05) is 24.0 Å². The molecule has 2 aromatic heterocycles. The van der Waals surface area contributed by atoms with E-state index >= 15 is 0 Å².